The number of carbonyl (C=O) groups excluding carboxylic acids is 1. The van der Waals surface area contributed by atoms with Crippen LogP contribution in [0.4, 0.5) is 4.79 Å². The summed E-state index contributed by atoms with van der Waals surface area (Å²) in [5.41, 5.74) is 0. The van der Waals surface area contributed by atoms with E-state index < -0.39 is 12.1 Å². The van der Waals surface area contributed by atoms with Crippen LogP contribution in [-0.4, -0.2) is 66.9 Å². The molecule has 0 rings (SSSR count). The lowest BCUT2D eigenvalue weighted by Gasteiger charge is -2.10. The molecule has 0 aromatic heterocycles. The van der Waals surface area contributed by atoms with Crippen LogP contribution in [-0.2, 0) is 4.79 Å². The van der Waals surface area contributed by atoms with E-state index in [4.69, 9.17) is 10.2 Å². The Labute approximate surface area is 107 Å². The van der Waals surface area contributed by atoms with E-state index in [-0.39, 0.29) is 19.0 Å². The molecule has 7 nitrogen and oxygen atoms in total. The highest BCUT2D eigenvalue weighted by Crippen LogP contribution is 1.90. The summed E-state index contributed by atoms with van der Waals surface area (Å²) in [6.45, 7) is 1.70. The van der Waals surface area contributed by atoms with Gasteiger partial charge in [-0.3, -0.25) is 0 Å². The summed E-state index contributed by atoms with van der Waals surface area (Å²) < 4.78 is 0. The van der Waals surface area contributed by atoms with E-state index in [1.165, 1.54) is 0 Å². The zero-order valence-electron chi connectivity index (χ0n) is 11.0. The molecule has 0 aliphatic heterocycles. The van der Waals surface area contributed by atoms with E-state index in [2.05, 4.69) is 15.5 Å². The molecular formula is C11H23N3O4. The normalized spacial score (nSPS) is 12.2. The first-order valence-electron chi connectivity index (χ1n) is 6.00. The quantitative estimate of drug-likeness (QED) is 0.418. The number of carbonyl (C=O) groups is 2. The van der Waals surface area contributed by atoms with Gasteiger partial charge in [-0.15, -0.1) is 0 Å². The number of hydrogen-bond donors (Lipinski definition) is 4. The van der Waals surface area contributed by atoms with Crippen molar-refractivity contribution in [3.63, 3.8) is 0 Å². The van der Waals surface area contributed by atoms with E-state index in [1.54, 1.807) is 0 Å². The molecule has 4 N–H and O–H groups in total. The topological polar surface area (TPSA) is 102 Å². The lowest BCUT2D eigenvalue weighted by molar-refractivity contribution is -0.146. The lowest BCUT2D eigenvalue weighted by atomic mass is 10.2. The first kappa shape index (κ1) is 16.7. The van der Waals surface area contributed by atoms with E-state index in [0.717, 1.165) is 19.4 Å². The number of carboxylic acids is 1. The number of nitrogens with one attached hydrogen (secondary N) is 2. The molecule has 0 saturated carbocycles. The van der Waals surface area contributed by atoms with Crippen LogP contribution >= 0.6 is 0 Å². The van der Waals surface area contributed by atoms with E-state index in [9.17, 15) is 9.59 Å². The fourth-order valence-electron chi connectivity index (χ4n) is 1.26. The molecule has 18 heavy (non-hydrogen) atoms. The van der Waals surface area contributed by atoms with Gasteiger partial charge in [0.2, 0.25) is 0 Å². The van der Waals surface area contributed by atoms with Gasteiger partial charge in [-0.1, -0.05) is 0 Å². The Bertz CT molecular complexity index is 259. The van der Waals surface area contributed by atoms with Gasteiger partial charge < -0.3 is 25.7 Å². The number of carboxylic acid groups (broad SMARTS) is 1. The molecule has 0 bridgehead atoms. The van der Waals surface area contributed by atoms with E-state index in [0.29, 0.717) is 6.54 Å². The smallest absolute Gasteiger partial charge is 0.332 e. The Morgan fingerprint density at radius 1 is 1.17 bits per heavy atom. The van der Waals surface area contributed by atoms with Crippen molar-refractivity contribution in [1.82, 2.24) is 15.5 Å². The number of aliphatic hydroxyl groups is 1. The van der Waals surface area contributed by atoms with Crippen molar-refractivity contribution in [2.75, 3.05) is 33.7 Å². The van der Waals surface area contributed by atoms with Crippen molar-refractivity contribution in [3.05, 3.63) is 0 Å². The van der Waals surface area contributed by atoms with Gasteiger partial charge in [-0.25, -0.2) is 9.59 Å². The predicted octanol–water partition coefficient (Wildman–Crippen LogP) is -0.537. The number of nitrogens with zero attached hydrogens (tertiary/aromatic N) is 1. The minimum atomic E-state index is -1.43. The molecule has 7 heteroatoms. The van der Waals surface area contributed by atoms with Gasteiger partial charge in [0, 0.05) is 19.5 Å². The van der Waals surface area contributed by atoms with Crippen molar-refractivity contribution in [3.8, 4) is 0 Å². The molecule has 1 unspecified atom stereocenters. The summed E-state index contributed by atoms with van der Waals surface area (Å²) in [5.74, 6) is -1.28. The summed E-state index contributed by atoms with van der Waals surface area (Å²) in [5, 5.41) is 22.5. The second kappa shape index (κ2) is 9.67. The van der Waals surface area contributed by atoms with Gasteiger partial charge in [-0.05, 0) is 33.5 Å². The lowest BCUT2D eigenvalue weighted by Crippen LogP contribution is -2.38. The fraction of sp³-hybridized carbons (Fsp3) is 0.818. The highest BCUT2D eigenvalue weighted by Gasteiger charge is 2.12. The van der Waals surface area contributed by atoms with Crippen LogP contribution in [0.15, 0.2) is 0 Å². The number of amides is 2. The summed E-state index contributed by atoms with van der Waals surface area (Å²) in [6, 6.07) is -0.336. The van der Waals surface area contributed by atoms with Gasteiger partial charge in [0.05, 0.1) is 0 Å². The maximum atomic E-state index is 11.2. The van der Waals surface area contributed by atoms with Crippen LogP contribution in [0, 0.1) is 0 Å². The molecule has 2 amide bonds. The number of hydrogen-bond acceptors (Lipinski definition) is 4. The molecule has 106 valence electrons. The maximum Gasteiger partial charge on any atom is 0.332 e. The van der Waals surface area contributed by atoms with E-state index in [1.807, 2.05) is 14.1 Å². The van der Waals surface area contributed by atoms with Crippen molar-refractivity contribution in [2.24, 2.45) is 0 Å². The molecule has 0 aromatic carbocycles. The second-order valence-electron chi connectivity index (χ2n) is 4.34. The fourth-order valence-corrected chi connectivity index (χ4v) is 1.26. The van der Waals surface area contributed by atoms with Crippen LogP contribution in [0.25, 0.3) is 0 Å². The molecule has 0 aliphatic rings. The third kappa shape index (κ3) is 9.86. The summed E-state index contributed by atoms with van der Waals surface area (Å²) >= 11 is 0. The first-order chi connectivity index (χ1) is 8.43. The Morgan fingerprint density at radius 3 is 2.33 bits per heavy atom. The third-order valence-corrected chi connectivity index (χ3v) is 2.31. The second-order valence-corrected chi connectivity index (χ2v) is 4.34. The minimum Gasteiger partial charge on any atom is -0.479 e. The highest BCUT2D eigenvalue weighted by molar-refractivity contribution is 5.74. The first-order valence-corrected chi connectivity index (χ1v) is 6.00. The Hall–Kier alpha value is -1.34. The van der Waals surface area contributed by atoms with Crippen LogP contribution in [0.3, 0.4) is 0 Å². The molecule has 0 aliphatic carbocycles. The third-order valence-electron chi connectivity index (χ3n) is 2.31. The molecule has 1 atom stereocenters. The molecule has 0 radical (unpaired) electrons. The van der Waals surface area contributed by atoms with Crippen molar-refractivity contribution < 1.29 is 19.8 Å². The van der Waals surface area contributed by atoms with Crippen molar-refractivity contribution >= 4 is 12.0 Å². The Balaban J connectivity index is 3.41. The standard InChI is InChI=1S/C11H23N3O4/c1-14(2)8-4-3-6-12-11(18)13-7-5-9(15)10(16)17/h9,15H,3-8H2,1-2H3,(H,16,17)(H2,12,13,18). The largest absolute Gasteiger partial charge is 0.479 e. The number of urea groups is 1. The molecule has 0 aromatic rings. The van der Waals surface area contributed by atoms with Gasteiger partial charge in [0.1, 0.15) is 0 Å². The van der Waals surface area contributed by atoms with Gasteiger partial charge in [-0.2, -0.15) is 0 Å². The minimum absolute atomic E-state index is 0.00336. The van der Waals surface area contributed by atoms with Crippen LogP contribution in [0.2, 0.25) is 0 Å². The van der Waals surface area contributed by atoms with Crippen LogP contribution in [0.5, 0.6) is 0 Å². The number of unbranched alkanes of at least 4 members (excludes halogenated alkanes) is 1. The SMILES string of the molecule is CN(C)CCCCNC(=O)NCCC(O)C(=O)O. The molecule has 0 heterocycles. The summed E-state index contributed by atoms with van der Waals surface area (Å²) in [7, 11) is 3.99. The van der Waals surface area contributed by atoms with E-state index >= 15 is 0 Å². The van der Waals surface area contributed by atoms with Crippen molar-refractivity contribution in [2.45, 2.75) is 25.4 Å². The predicted molar refractivity (Wildman–Crippen MR) is 67.4 cm³/mol. The Morgan fingerprint density at radius 2 is 1.78 bits per heavy atom. The molecule has 0 fully saturated rings. The van der Waals surface area contributed by atoms with Gasteiger partial charge in [0.15, 0.2) is 6.10 Å². The average Bonchev–Trinajstić information content (AvgIpc) is 2.27. The number of aliphatic hydroxyl groups excluding tert-OH is 1. The zero-order chi connectivity index (χ0) is 14.0. The maximum absolute atomic E-state index is 11.2. The Kier molecular flexibility index (Phi) is 8.95. The number of rotatable bonds is 9. The zero-order valence-corrected chi connectivity index (χ0v) is 11.0. The summed E-state index contributed by atoms with van der Waals surface area (Å²) in [6.07, 6.45) is 0.475. The van der Waals surface area contributed by atoms with Gasteiger partial charge >= 0.3 is 12.0 Å². The highest BCUT2D eigenvalue weighted by atomic mass is 16.4. The molecule has 0 saturated heterocycles. The average molecular weight is 261 g/mol. The summed E-state index contributed by atoms with van der Waals surface area (Å²) in [4.78, 5) is 23.6. The van der Waals surface area contributed by atoms with Crippen molar-refractivity contribution in [1.29, 1.82) is 0 Å². The molecular weight excluding hydrogens is 238 g/mol. The van der Waals surface area contributed by atoms with Crippen LogP contribution in [0.1, 0.15) is 19.3 Å². The van der Waals surface area contributed by atoms with Gasteiger partial charge in [0.25, 0.3) is 0 Å². The number of aliphatic carboxylic acids is 1. The van der Waals surface area contributed by atoms with Crippen LogP contribution < -0.4 is 10.6 Å². The monoisotopic (exact) mass is 261 g/mol. The molecule has 0 spiro atoms.